The number of aliphatic imine (C=N–C) groups is 1. The molecule has 1 amide bonds. The minimum atomic E-state index is -0.973. The Labute approximate surface area is 179 Å². The zero-order chi connectivity index (χ0) is 21.4. The number of hydrogen-bond donors (Lipinski definition) is 3. The molecule has 3 atom stereocenters. The van der Waals surface area contributed by atoms with Gasteiger partial charge in [0.2, 0.25) is 5.91 Å². The van der Waals surface area contributed by atoms with Crippen LogP contribution in [-0.4, -0.2) is 34.7 Å². The molecule has 0 saturated carbocycles. The maximum absolute atomic E-state index is 13.1. The predicted octanol–water partition coefficient (Wildman–Crippen LogP) is 4.74. The van der Waals surface area contributed by atoms with Gasteiger partial charge in [0, 0.05) is 51.9 Å². The zero-order valence-corrected chi connectivity index (χ0v) is 17.4. The number of carbonyl (C=O) groups excluding carboxylic acids is 1. The number of hydrogen-bond acceptors (Lipinski definition) is 3. The first kappa shape index (κ1) is 20.2. The lowest BCUT2D eigenvalue weighted by molar-refractivity contribution is -0.137. The van der Waals surface area contributed by atoms with Gasteiger partial charge in [-0.1, -0.05) is 42.8 Å². The van der Waals surface area contributed by atoms with Crippen LogP contribution in [0.1, 0.15) is 35.6 Å². The van der Waals surface area contributed by atoms with Crippen molar-refractivity contribution in [1.29, 1.82) is 0 Å². The van der Waals surface area contributed by atoms with Crippen molar-refractivity contribution in [2.45, 2.75) is 25.7 Å². The first-order chi connectivity index (χ1) is 14.4. The number of anilines is 1. The van der Waals surface area contributed by atoms with E-state index >= 15 is 0 Å². The molecule has 6 nitrogen and oxygen atoms in total. The fourth-order valence-electron chi connectivity index (χ4n) is 4.04. The van der Waals surface area contributed by atoms with E-state index in [0.717, 1.165) is 22.0 Å². The molecule has 1 aromatic heterocycles. The molecule has 3 N–H and O–H groups in total. The Kier molecular flexibility index (Phi) is 5.35. The molecule has 3 aromatic rings. The van der Waals surface area contributed by atoms with E-state index in [1.165, 1.54) is 6.21 Å². The maximum Gasteiger partial charge on any atom is 0.318 e. The first-order valence-corrected chi connectivity index (χ1v) is 10.2. The average molecular weight is 424 g/mol. The molecule has 0 saturated heterocycles. The quantitative estimate of drug-likeness (QED) is 0.565. The van der Waals surface area contributed by atoms with Gasteiger partial charge in [-0.25, -0.2) is 0 Å². The van der Waals surface area contributed by atoms with E-state index < -0.39 is 17.8 Å². The summed E-state index contributed by atoms with van der Waals surface area (Å²) in [4.78, 5) is 32.6. The fraction of sp³-hybridized carbons (Fsp3) is 0.261. The van der Waals surface area contributed by atoms with E-state index in [0.29, 0.717) is 22.9 Å². The van der Waals surface area contributed by atoms with Gasteiger partial charge in [0.15, 0.2) is 0 Å². The molecule has 4 rings (SSSR count). The molecule has 3 unspecified atom stereocenters. The summed E-state index contributed by atoms with van der Waals surface area (Å²) in [6, 6.07) is 13.1. The molecule has 0 fully saturated rings. The van der Waals surface area contributed by atoms with Gasteiger partial charge in [-0.3, -0.25) is 14.6 Å². The van der Waals surface area contributed by atoms with Crippen molar-refractivity contribution in [2.75, 3.05) is 11.9 Å². The smallest absolute Gasteiger partial charge is 0.318 e. The molecule has 154 valence electrons. The molecule has 7 heteroatoms. The van der Waals surface area contributed by atoms with Crippen molar-refractivity contribution >= 4 is 46.3 Å². The second kappa shape index (κ2) is 7.95. The number of benzene rings is 2. The van der Waals surface area contributed by atoms with E-state index in [4.69, 9.17) is 11.6 Å². The summed E-state index contributed by atoms with van der Waals surface area (Å²) in [7, 11) is 0. The normalized spacial score (nSPS) is 19.2. The molecule has 2 heterocycles. The van der Waals surface area contributed by atoms with Crippen molar-refractivity contribution in [3.05, 3.63) is 64.3 Å². The Balaban J connectivity index is 1.74. The fourth-order valence-corrected chi connectivity index (χ4v) is 4.22. The highest BCUT2D eigenvalue weighted by Gasteiger charge is 2.35. The van der Waals surface area contributed by atoms with Crippen LogP contribution in [0.5, 0.6) is 0 Å². The Morgan fingerprint density at radius 1 is 1.23 bits per heavy atom. The molecule has 1 aliphatic rings. The highest BCUT2D eigenvalue weighted by molar-refractivity contribution is 6.31. The molecular weight excluding hydrogens is 402 g/mol. The van der Waals surface area contributed by atoms with E-state index in [2.05, 4.69) is 15.3 Å². The zero-order valence-electron chi connectivity index (χ0n) is 16.6. The largest absolute Gasteiger partial charge is 0.480 e. The highest BCUT2D eigenvalue weighted by atomic mass is 35.5. The second-order valence-corrected chi connectivity index (χ2v) is 8.03. The van der Waals surface area contributed by atoms with Crippen LogP contribution in [0.4, 0.5) is 5.69 Å². The number of rotatable bonds is 4. The maximum atomic E-state index is 13.1. The number of nitrogens with one attached hydrogen (secondary N) is 2. The molecule has 0 radical (unpaired) electrons. The van der Waals surface area contributed by atoms with Crippen LogP contribution < -0.4 is 5.32 Å². The molecule has 2 aromatic carbocycles. The van der Waals surface area contributed by atoms with Crippen LogP contribution in [0, 0.1) is 12.8 Å². The van der Waals surface area contributed by atoms with Crippen molar-refractivity contribution in [1.82, 2.24) is 4.98 Å². The summed E-state index contributed by atoms with van der Waals surface area (Å²) in [5.41, 5.74) is 3.76. The van der Waals surface area contributed by atoms with Crippen LogP contribution in [0.2, 0.25) is 5.02 Å². The van der Waals surface area contributed by atoms with Gasteiger partial charge in [0.25, 0.3) is 0 Å². The lowest BCUT2D eigenvalue weighted by atomic mass is 9.83. The average Bonchev–Trinajstić information content (AvgIpc) is 2.99. The van der Waals surface area contributed by atoms with Crippen LogP contribution in [-0.2, 0) is 9.59 Å². The number of aliphatic carboxylic acids is 1. The highest BCUT2D eigenvalue weighted by Crippen LogP contribution is 2.39. The number of nitrogens with zero attached hydrogens (tertiary/aromatic N) is 1. The monoisotopic (exact) mass is 423 g/mol. The minimum absolute atomic E-state index is 0.162. The van der Waals surface area contributed by atoms with Crippen molar-refractivity contribution in [3.63, 3.8) is 0 Å². The van der Waals surface area contributed by atoms with Gasteiger partial charge in [-0.2, -0.15) is 0 Å². The van der Waals surface area contributed by atoms with E-state index in [1.54, 1.807) is 12.1 Å². The lowest BCUT2D eigenvalue weighted by Crippen LogP contribution is -2.28. The summed E-state index contributed by atoms with van der Waals surface area (Å²) >= 11 is 6.18. The molecule has 30 heavy (non-hydrogen) atoms. The number of aromatic amines is 1. The van der Waals surface area contributed by atoms with E-state index in [-0.39, 0.29) is 11.8 Å². The summed E-state index contributed by atoms with van der Waals surface area (Å²) in [6.07, 6.45) is 1.46. The number of amides is 1. The molecular formula is C23H22ClN3O3. The lowest BCUT2D eigenvalue weighted by Gasteiger charge is -2.23. The summed E-state index contributed by atoms with van der Waals surface area (Å²) in [5, 5.41) is 14.2. The van der Waals surface area contributed by atoms with E-state index in [9.17, 15) is 14.7 Å². The number of fused-ring (bicyclic) bond motifs is 3. The molecule has 1 aliphatic heterocycles. The van der Waals surface area contributed by atoms with Crippen molar-refractivity contribution in [3.8, 4) is 0 Å². The van der Waals surface area contributed by atoms with Crippen molar-refractivity contribution in [2.24, 2.45) is 10.9 Å². The number of aromatic nitrogens is 1. The Bertz CT molecular complexity index is 1170. The first-order valence-electron chi connectivity index (χ1n) is 9.77. The number of carboxylic acid groups (broad SMARTS) is 1. The van der Waals surface area contributed by atoms with Crippen LogP contribution in [0.3, 0.4) is 0 Å². The molecule has 0 aliphatic carbocycles. The summed E-state index contributed by atoms with van der Waals surface area (Å²) in [6.45, 7) is 4.04. The van der Waals surface area contributed by atoms with Crippen LogP contribution in [0.15, 0.2) is 47.5 Å². The predicted molar refractivity (Wildman–Crippen MR) is 119 cm³/mol. The molecule has 0 spiro atoms. The Morgan fingerprint density at radius 3 is 2.77 bits per heavy atom. The Morgan fingerprint density at radius 2 is 2.00 bits per heavy atom. The van der Waals surface area contributed by atoms with E-state index in [1.807, 2.05) is 44.2 Å². The van der Waals surface area contributed by atoms with Gasteiger partial charge in [-0.05, 0) is 36.2 Å². The number of halogens is 1. The minimum Gasteiger partial charge on any atom is -0.480 e. The third-order valence-corrected chi connectivity index (χ3v) is 6.23. The van der Waals surface area contributed by atoms with Crippen LogP contribution >= 0.6 is 11.6 Å². The third-order valence-electron chi connectivity index (χ3n) is 5.82. The van der Waals surface area contributed by atoms with Gasteiger partial charge in [0.1, 0.15) is 5.92 Å². The molecule has 0 bridgehead atoms. The van der Waals surface area contributed by atoms with Gasteiger partial charge in [-0.15, -0.1) is 0 Å². The van der Waals surface area contributed by atoms with Gasteiger partial charge >= 0.3 is 5.97 Å². The van der Waals surface area contributed by atoms with Gasteiger partial charge < -0.3 is 15.4 Å². The number of carbonyl (C=O) groups is 2. The summed E-state index contributed by atoms with van der Waals surface area (Å²) < 4.78 is 0. The topological polar surface area (TPSA) is 94.6 Å². The number of H-pyrrole nitrogens is 1. The Hall–Kier alpha value is -3.12. The SMILES string of the molecule is Cc1c(Cl)cccc1NC(=O)C(C)C1CN=CC(C(=O)O)c2[nH]c3ccccc3c21. The van der Waals surface area contributed by atoms with Crippen molar-refractivity contribution < 1.29 is 14.7 Å². The van der Waals surface area contributed by atoms with Crippen LogP contribution in [0.25, 0.3) is 10.9 Å². The third kappa shape index (κ3) is 3.48. The number of carboxylic acids is 1. The summed E-state index contributed by atoms with van der Waals surface area (Å²) in [5.74, 6) is -2.71. The second-order valence-electron chi connectivity index (χ2n) is 7.62. The standard InChI is InChI=1S/C23H22ClN3O3/c1-12(22(28)27-18-9-5-7-17(24)13(18)2)15-10-25-11-16(23(29)30)21-20(15)14-6-3-4-8-19(14)26-21/h3-9,11-12,15-16,26H,10H2,1-2H3,(H,27,28)(H,29,30). The number of para-hydroxylation sites is 1. The van der Waals surface area contributed by atoms with Gasteiger partial charge in [0.05, 0.1) is 0 Å².